The van der Waals surface area contributed by atoms with Gasteiger partial charge >= 0.3 is 0 Å². The van der Waals surface area contributed by atoms with Gasteiger partial charge in [-0.15, -0.1) is 0 Å². The smallest absolute Gasteiger partial charge is 0.223 e. The van der Waals surface area contributed by atoms with Gasteiger partial charge in [-0.2, -0.15) is 0 Å². The van der Waals surface area contributed by atoms with E-state index in [4.69, 9.17) is 0 Å². The Morgan fingerprint density at radius 3 is 2.96 bits per heavy atom. The molecular formula is C20H21N5O. The van der Waals surface area contributed by atoms with Crippen LogP contribution in [0.4, 0.5) is 5.69 Å². The number of carbonyl (C=O) groups is 1. The van der Waals surface area contributed by atoms with Gasteiger partial charge in [0.15, 0.2) is 0 Å². The quantitative estimate of drug-likeness (QED) is 0.730. The van der Waals surface area contributed by atoms with Gasteiger partial charge in [0, 0.05) is 56.3 Å². The Kier molecular flexibility index (Phi) is 3.45. The number of nitrogens with zero attached hydrogens (tertiary/aromatic N) is 5. The number of hydrogen-bond donors (Lipinski definition) is 0. The minimum Gasteiger partial charge on any atom is -0.370 e. The molecule has 1 saturated heterocycles. The monoisotopic (exact) mass is 347 g/mol. The Bertz CT molecular complexity index is 975. The second kappa shape index (κ2) is 5.83. The molecule has 0 spiro atoms. The summed E-state index contributed by atoms with van der Waals surface area (Å²) in [6.45, 7) is 5.38. The summed E-state index contributed by atoms with van der Waals surface area (Å²) in [7, 11) is 0. The minimum atomic E-state index is 0.254. The van der Waals surface area contributed by atoms with Crippen LogP contribution in [0.2, 0.25) is 0 Å². The van der Waals surface area contributed by atoms with Crippen LogP contribution in [0.3, 0.4) is 0 Å². The zero-order valence-electron chi connectivity index (χ0n) is 14.8. The molecule has 0 aliphatic carbocycles. The molecule has 5 rings (SSSR count). The van der Waals surface area contributed by atoms with Gasteiger partial charge in [-0.05, 0) is 36.2 Å². The first-order chi connectivity index (χ1) is 12.7. The molecule has 0 bridgehead atoms. The molecular weight excluding hydrogens is 326 g/mol. The van der Waals surface area contributed by atoms with Crippen molar-refractivity contribution < 1.29 is 4.79 Å². The van der Waals surface area contributed by atoms with Gasteiger partial charge in [0.2, 0.25) is 5.91 Å². The van der Waals surface area contributed by atoms with Crippen LogP contribution in [-0.4, -0.2) is 38.3 Å². The first-order valence-corrected chi connectivity index (χ1v) is 9.06. The van der Waals surface area contributed by atoms with Crippen LogP contribution < -0.4 is 4.90 Å². The van der Waals surface area contributed by atoms with Gasteiger partial charge in [0.25, 0.3) is 0 Å². The summed E-state index contributed by atoms with van der Waals surface area (Å²) in [6, 6.07) is 6.13. The highest BCUT2D eigenvalue weighted by atomic mass is 16.2. The van der Waals surface area contributed by atoms with Crippen molar-refractivity contribution in [3.8, 4) is 0 Å². The van der Waals surface area contributed by atoms with Gasteiger partial charge in [-0.1, -0.05) is 0 Å². The van der Waals surface area contributed by atoms with Crippen molar-refractivity contribution in [2.24, 2.45) is 5.92 Å². The second-order valence-electron chi connectivity index (χ2n) is 7.34. The van der Waals surface area contributed by atoms with E-state index < -0.39 is 0 Å². The van der Waals surface area contributed by atoms with Gasteiger partial charge in [0.1, 0.15) is 5.65 Å². The molecule has 6 heteroatoms. The van der Waals surface area contributed by atoms with E-state index in [1.165, 1.54) is 16.8 Å². The summed E-state index contributed by atoms with van der Waals surface area (Å²) in [5.74, 6) is 0.686. The zero-order chi connectivity index (χ0) is 17.7. The predicted molar refractivity (Wildman–Crippen MR) is 98.7 cm³/mol. The van der Waals surface area contributed by atoms with Gasteiger partial charge < -0.3 is 14.2 Å². The van der Waals surface area contributed by atoms with Crippen LogP contribution in [0.5, 0.6) is 0 Å². The highest BCUT2D eigenvalue weighted by Crippen LogP contribution is 2.30. The third-order valence-corrected chi connectivity index (χ3v) is 5.60. The van der Waals surface area contributed by atoms with Crippen LogP contribution in [0, 0.1) is 12.8 Å². The van der Waals surface area contributed by atoms with Crippen molar-refractivity contribution >= 4 is 17.2 Å². The number of hydrogen-bond acceptors (Lipinski definition) is 4. The first kappa shape index (κ1) is 15.4. The lowest BCUT2D eigenvalue weighted by molar-refractivity contribution is -0.133. The number of anilines is 1. The summed E-state index contributed by atoms with van der Waals surface area (Å²) in [5.41, 5.74) is 5.80. The lowest BCUT2D eigenvalue weighted by Gasteiger charge is -2.41. The highest BCUT2D eigenvalue weighted by Gasteiger charge is 2.33. The molecule has 1 amide bonds. The van der Waals surface area contributed by atoms with Crippen molar-refractivity contribution in [2.75, 3.05) is 18.0 Å². The fourth-order valence-electron chi connectivity index (χ4n) is 4.12. The molecule has 3 aromatic rings. The lowest BCUT2D eigenvalue weighted by Crippen LogP contribution is -2.48. The summed E-state index contributed by atoms with van der Waals surface area (Å²) >= 11 is 0. The molecule has 2 aliphatic heterocycles. The number of pyridine rings is 2. The average Bonchev–Trinajstić information content (AvgIpc) is 3.25. The van der Waals surface area contributed by atoms with Crippen molar-refractivity contribution in [3.05, 3.63) is 59.8 Å². The van der Waals surface area contributed by atoms with Crippen LogP contribution >= 0.6 is 0 Å². The normalized spacial score (nSPS) is 16.8. The largest absolute Gasteiger partial charge is 0.370 e. The number of imidazole rings is 1. The van der Waals surface area contributed by atoms with Crippen LogP contribution in [-0.2, 0) is 17.9 Å². The van der Waals surface area contributed by atoms with Crippen LogP contribution in [0.1, 0.15) is 23.2 Å². The number of aryl methyl sites for hydroxylation is 1. The Labute approximate surface area is 152 Å². The fraction of sp³-hybridized carbons (Fsp3) is 0.350. The maximum atomic E-state index is 12.8. The Hall–Kier alpha value is -2.89. The fourth-order valence-corrected chi connectivity index (χ4v) is 4.12. The number of rotatable bonds is 3. The second-order valence-corrected chi connectivity index (χ2v) is 7.34. The lowest BCUT2D eigenvalue weighted by atomic mass is 9.95. The van der Waals surface area contributed by atoms with Crippen molar-refractivity contribution in [1.29, 1.82) is 0 Å². The van der Waals surface area contributed by atoms with Crippen LogP contribution in [0.15, 0.2) is 43.0 Å². The zero-order valence-corrected chi connectivity index (χ0v) is 14.8. The molecule has 26 heavy (non-hydrogen) atoms. The van der Waals surface area contributed by atoms with Gasteiger partial charge in [0.05, 0.1) is 18.4 Å². The maximum absolute atomic E-state index is 12.8. The average molecular weight is 347 g/mol. The van der Waals surface area contributed by atoms with Crippen molar-refractivity contribution in [2.45, 2.75) is 26.4 Å². The van der Waals surface area contributed by atoms with E-state index in [0.29, 0.717) is 25.4 Å². The molecule has 132 valence electrons. The Morgan fingerprint density at radius 1 is 1.27 bits per heavy atom. The van der Waals surface area contributed by atoms with Crippen LogP contribution in [0.25, 0.3) is 5.65 Å². The number of amides is 1. The van der Waals surface area contributed by atoms with E-state index in [0.717, 1.165) is 24.4 Å². The molecule has 6 nitrogen and oxygen atoms in total. The van der Waals surface area contributed by atoms with Crippen molar-refractivity contribution in [1.82, 2.24) is 19.3 Å². The number of carbonyl (C=O) groups excluding carboxylic acids is 1. The van der Waals surface area contributed by atoms with E-state index in [9.17, 15) is 4.79 Å². The van der Waals surface area contributed by atoms with Gasteiger partial charge in [-0.25, -0.2) is 4.98 Å². The van der Waals surface area contributed by atoms with E-state index in [1.54, 1.807) is 6.20 Å². The van der Waals surface area contributed by atoms with E-state index in [-0.39, 0.29) is 5.91 Å². The van der Waals surface area contributed by atoms with Gasteiger partial charge in [-0.3, -0.25) is 9.78 Å². The topological polar surface area (TPSA) is 53.7 Å². The third-order valence-electron chi connectivity index (χ3n) is 5.60. The molecule has 0 radical (unpaired) electrons. The molecule has 0 saturated carbocycles. The predicted octanol–water partition coefficient (Wildman–Crippen LogP) is 2.41. The summed E-state index contributed by atoms with van der Waals surface area (Å²) in [5, 5.41) is 0. The third kappa shape index (κ3) is 2.44. The molecule has 0 aromatic carbocycles. The number of aromatic nitrogens is 3. The SMILES string of the molecule is Cc1cc2nccn2c2c1CN(C(=O)CC1CN(c3cccnc3)C1)C2. The Balaban J connectivity index is 1.24. The van der Waals surface area contributed by atoms with E-state index in [2.05, 4.69) is 38.3 Å². The molecule has 0 N–H and O–H groups in total. The highest BCUT2D eigenvalue weighted by molar-refractivity contribution is 5.78. The van der Waals surface area contributed by atoms with E-state index >= 15 is 0 Å². The number of fused-ring (bicyclic) bond motifs is 3. The minimum absolute atomic E-state index is 0.254. The van der Waals surface area contributed by atoms with Crippen molar-refractivity contribution in [3.63, 3.8) is 0 Å². The summed E-state index contributed by atoms with van der Waals surface area (Å²) in [4.78, 5) is 25.6. The molecule has 2 aliphatic rings. The van der Waals surface area contributed by atoms with E-state index in [1.807, 2.05) is 29.6 Å². The Morgan fingerprint density at radius 2 is 2.15 bits per heavy atom. The standard InChI is InChI=1S/C20H21N5O/c1-14-7-19-22-5-6-25(19)18-13-24(12-17(14)18)20(26)8-15-10-23(11-15)16-3-2-4-21-9-16/h2-7,9,15H,8,10-13H2,1H3. The summed E-state index contributed by atoms with van der Waals surface area (Å²) in [6.07, 6.45) is 8.10. The molecule has 0 unspecified atom stereocenters. The summed E-state index contributed by atoms with van der Waals surface area (Å²) < 4.78 is 2.11. The molecule has 3 aromatic heterocycles. The molecule has 1 fully saturated rings. The first-order valence-electron chi connectivity index (χ1n) is 9.06. The molecule has 5 heterocycles. The molecule has 0 atom stereocenters. The maximum Gasteiger partial charge on any atom is 0.223 e.